The smallest absolute Gasteiger partial charge is 0.164 e. The second-order valence-corrected chi connectivity index (χ2v) is 16.0. The van der Waals surface area contributed by atoms with Crippen molar-refractivity contribution in [2.45, 2.75) is 0 Å². The highest BCUT2D eigenvalue weighted by Crippen LogP contribution is 2.44. The predicted molar refractivity (Wildman–Crippen MR) is 256 cm³/mol. The third kappa shape index (κ3) is 5.38. The first kappa shape index (κ1) is 34.5. The molecule has 62 heavy (non-hydrogen) atoms. The van der Waals surface area contributed by atoms with Crippen LogP contribution in [0.4, 0.5) is 0 Å². The largest absolute Gasteiger partial charge is 0.455 e. The predicted octanol–water partition coefficient (Wildman–Crippen LogP) is 15.0. The number of para-hydroxylation sites is 2. The minimum absolute atomic E-state index is 0.612. The van der Waals surface area contributed by atoms with Crippen LogP contribution in [0.25, 0.3) is 127 Å². The van der Waals surface area contributed by atoms with E-state index in [-0.39, 0.29) is 0 Å². The summed E-state index contributed by atoms with van der Waals surface area (Å²) in [6.45, 7) is 0. The van der Waals surface area contributed by atoms with Crippen LogP contribution in [0.3, 0.4) is 0 Å². The van der Waals surface area contributed by atoms with Crippen LogP contribution in [0.1, 0.15) is 0 Å². The van der Waals surface area contributed by atoms with E-state index in [1.54, 1.807) is 0 Å². The van der Waals surface area contributed by atoms with Crippen molar-refractivity contribution in [3.05, 3.63) is 206 Å². The normalized spacial score (nSPS) is 11.9. The van der Waals surface area contributed by atoms with Gasteiger partial charge in [-0.05, 0) is 68.9 Å². The molecule has 0 aliphatic heterocycles. The summed E-state index contributed by atoms with van der Waals surface area (Å²) in [5.74, 6) is 1.87. The number of rotatable bonds is 5. The molecule has 0 atom stereocenters. The quantitative estimate of drug-likeness (QED) is 0.174. The first-order valence-electron chi connectivity index (χ1n) is 20.9. The van der Waals surface area contributed by atoms with Crippen molar-refractivity contribution in [2.24, 2.45) is 0 Å². The summed E-state index contributed by atoms with van der Waals surface area (Å²) in [4.78, 5) is 15.3. The Morgan fingerprint density at radius 2 is 0.871 bits per heavy atom. The molecule has 0 amide bonds. The third-order valence-electron chi connectivity index (χ3n) is 12.4. The van der Waals surface area contributed by atoms with Gasteiger partial charge in [0.25, 0.3) is 0 Å². The van der Waals surface area contributed by atoms with Gasteiger partial charge in [0, 0.05) is 43.8 Å². The average molecular weight is 791 g/mol. The molecule has 0 spiro atoms. The number of nitrogens with zero attached hydrogens (tertiary/aromatic N) is 4. The molecular weight excluding hydrogens is 757 g/mol. The second-order valence-electron chi connectivity index (χ2n) is 16.0. The average Bonchev–Trinajstić information content (AvgIpc) is 3.90. The highest BCUT2D eigenvalue weighted by Gasteiger charge is 2.22. The van der Waals surface area contributed by atoms with Gasteiger partial charge in [-0.1, -0.05) is 170 Å². The van der Waals surface area contributed by atoms with E-state index < -0.39 is 0 Å². The summed E-state index contributed by atoms with van der Waals surface area (Å²) in [6, 6.07) is 72.7. The van der Waals surface area contributed by atoms with Crippen LogP contribution in [0, 0.1) is 0 Å². The van der Waals surface area contributed by atoms with E-state index in [4.69, 9.17) is 19.4 Å². The molecule has 0 saturated heterocycles. The molecule has 3 aromatic heterocycles. The molecule has 0 N–H and O–H groups in total. The Hall–Kier alpha value is -8.41. The Kier molecular flexibility index (Phi) is 7.54. The lowest BCUT2D eigenvalue weighted by atomic mass is 9.99. The van der Waals surface area contributed by atoms with Crippen molar-refractivity contribution >= 4 is 76.1 Å². The molecule has 3 heterocycles. The van der Waals surface area contributed by atoms with E-state index in [1.165, 1.54) is 37.8 Å². The van der Waals surface area contributed by atoms with Crippen LogP contribution >= 0.6 is 0 Å². The first-order valence-corrected chi connectivity index (χ1v) is 20.9. The zero-order chi connectivity index (χ0) is 40.7. The SMILES string of the molecule is c1ccc2cc(-c3nc(-c4ccc(-c5ccc(-n6c7ccccc7c7ccc8ccccc8c76)c6c5oc5ccccc56)cc4)nc(-c4ccc5ccccc5c4)n3)ccc2c1. The molecule has 13 rings (SSSR count). The number of furan rings is 1. The van der Waals surface area contributed by atoms with Crippen molar-refractivity contribution in [3.8, 4) is 51.0 Å². The Bertz CT molecular complexity index is 3840. The highest BCUT2D eigenvalue weighted by molar-refractivity contribution is 6.21. The maximum atomic E-state index is 6.85. The monoisotopic (exact) mass is 790 g/mol. The van der Waals surface area contributed by atoms with Crippen molar-refractivity contribution in [1.29, 1.82) is 0 Å². The zero-order valence-electron chi connectivity index (χ0n) is 33.3. The Morgan fingerprint density at radius 1 is 0.355 bits per heavy atom. The van der Waals surface area contributed by atoms with Crippen LogP contribution in [-0.2, 0) is 0 Å². The van der Waals surface area contributed by atoms with Gasteiger partial charge in [0.05, 0.1) is 22.1 Å². The van der Waals surface area contributed by atoms with Crippen molar-refractivity contribution in [3.63, 3.8) is 0 Å². The minimum Gasteiger partial charge on any atom is -0.455 e. The van der Waals surface area contributed by atoms with Crippen LogP contribution in [0.5, 0.6) is 0 Å². The molecule has 13 aromatic rings. The number of fused-ring (bicyclic) bond motifs is 10. The van der Waals surface area contributed by atoms with Crippen LogP contribution in [-0.4, -0.2) is 19.5 Å². The minimum atomic E-state index is 0.612. The Balaban J connectivity index is 0.978. The molecule has 0 saturated carbocycles. The highest BCUT2D eigenvalue weighted by atomic mass is 16.3. The summed E-state index contributed by atoms with van der Waals surface area (Å²) < 4.78 is 9.28. The molecule has 10 aromatic carbocycles. The van der Waals surface area contributed by atoms with Gasteiger partial charge in [0.15, 0.2) is 17.5 Å². The molecule has 0 aliphatic rings. The van der Waals surface area contributed by atoms with Gasteiger partial charge in [0.2, 0.25) is 0 Å². The third-order valence-corrected chi connectivity index (χ3v) is 12.4. The summed E-state index contributed by atoms with van der Waals surface area (Å²) in [7, 11) is 0. The van der Waals surface area contributed by atoms with Crippen LogP contribution < -0.4 is 0 Å². The number of hydrogen-bond donors (Lipinski definition) is 0. The second kappa shape index (κ2) is 13.6. The lowest BCUT2D eigenvalue weighted by molar-refractivity contribution is 0.670. The summed E-state index contributed by atoms with van der Waals surface area (Å²) in [6.07, 6.45) is 0. The van der Waals surface area contributed by atoms with Gasteiger partial charge in [-0.3, -0.25) is 0 Å². The molecule has 0 unspecified atom stereocenters. The first-order chi connectivity index (χ1) is 30.7. The Labute approximate surface area is 355 Å². The Morgan fingerprint density at radius 3 is 1.56 bits per heavy atom. The standard InChI is InChI=1S/C57H34N4O/c1-3-14-40-33-42(27-21-35(40)11-1)56-58-55(59-57(60-56)43-28-22-36-12-2-4-15-41(36)34-43)39-25-23-38(24-26-39)45-31-32-50(52-48-18-8-10-20-51(48)62-54(45)52)61-49-19-9-7-17-46(49)47-30-29-37-13-5-6-16-44(37)53(47)61/h1-34H. The fourth-order valence-corrected chi connectivity index (χ4v) is 9.42. The molecule has 5 nitrogen and oxygen atoms in total. The van der Waals surface area contributed by atoms with Crippen molar-refractivity contribution < 1.29 is 4.42 Å². The lowest BCUT2D eigenvalue weighted by Crippen LogP contribution is -2.00. The molecule has 0 fully saturated rings. The molecule has 5 heteroatoms. The maximum absolute atomic E-state index is 6.85. The van der Waals surface area contributed by atoms with E-state index in [9.17, 15) is 0 Å². The topological polar surface area (TPSA) is 56.7 Å². The molecule has 0 bridgehead atoms. The van der Waals surface area contributed by atoms with Crippen molar-refractivity contribution in [1.82, 2.24) is 19.5 Å². The van der Waals surface area contributed by atoms with Crippen LogP contribution in [0.15, 0.2) is 211 Å². The fourth-order valence-electron chi connectivity index (χ4n) is 9.42. The van der Waals surface area contributed by atoms with Gasteiger partial charge in [0.1, 0.15) is 11.2 Å². The van der Waals surface area contributed by atoms with Gasteiger partial charge in [-0.2, -0.15) is 0 Å². The number of hydrogen-bond acceptors (Lipinski definition) is 4. The molecule has 288 valence electrons. The maximum Gasteiger partial charge on any atom is 0.164 e. The van der Waals surface area contributed by atoms with E-state index in [2.05, 4.69) is 205 Å². The lowest BCUT2D eigenvalue weighted by Gasteiger charge is -2.13. The summed E-state index contributed by atoms with van der Waals surface area (Å²) in [5, 5.41) is 11.7. The molecule has 0 aliphatic carbocycles. The summed E-state index contributed by atoms with van der Waals surface area (Å²) in [5.41, 5.74) is 9.96. The van der Waals surface area contributed by atoms with E-state index in [0.717, 1.165) is 71.7 Å². The van der Waals surface area contributed by atoms with E-state index in [0.29, 0.717) is 17.5 Å². The van der Waals surface area contributed by atoms with Gasteiger partial charge in [-0.25, -0.2) is 15.0 Å². The molecular formula is C57H34N4O. The van der Waals surface area contributed by atoms with Crippen LogP contribution in [0.2, 0.25) is 0 Å². The number of aromatic nitrogens is 4. The van der Waals surface area contributed by atoms with Gasteiger partial charge < -0.3 is 8.98 Å². The van der Waals surface area contributed by atoms with E-state index >= 15 is 0 Å². The summed E-state index contributed by atoms with van der Waals surface area (Å²) >= 11 is 0. The molecule has 0 radical (unpaired) electrons. The van der Waals surface area contributed by atoms with Gasteiger partial charge in [-0.15, -0.1) is 0 Å². The fraction of sp³-hybridized carbons (Fsp3) is 0. The van der Waals surface area contributed by atoms with Gasteiger partial charge >= 0.3 is 0 Å². The van der Waals surface area contributed by atoms with E-state index in [1.807, 2.05) is 6.07 Å². The number of benzene rings is 10. The zero-order valence-corrected chi connectivity index (χ0v) is 33.3. The van der Waals surface area contributed by atoms with Crippen molar-refractivity contribution in [2.75, 3.05) is 0 Å².